The van der Waals surface area contributed by atoms with Gasteiger partial charge in [-0.3, -0.25) is 14.5 Å². The van der Waals surface area contributed by atoms with E-state index in [1.807, 2.05) is 63.9 Å². The van der Waals surface area contributed by atoms with E-state index in [1.54, 1.807) is 6.92 Å². The molecule has 196 valence electrons. The number of hydrogen-bond acceptors (Lipinski definition) is 9. The van der Waals surface area contributed by atoms with Crippen molar-refractivity contribution < 1.29 is 38.0 Å². The lowest BCUT2D eigenvalue weighted by molar-refractivity contribution is -0.241. The number of para-hydroxylation sites is 1. The van der Waals surface area contributed by atoms with Crippen LogP contribution in [0.15, 0.2) is 24.3 Å². The molecule has 0 aromatic heterocycles. The average molecular weight is 503 g/mol. The fourth-order valence-corrected chi connectivity index (χ4v) is 7.21. The standard InChI is InChI=1S/C26H34N2O8/c1-7-31-20(29)17-25(13-28(6)26(17)14-10-8-9-11-15(14)27-22(26)30)18(16-12-32-23(2,3)34-16)33-21-19(25)35-24(4,5)36-21/h8-11,16-19,21H,7,12-13H2,1-6H3,(H,27,30)/t16-,17-,18+,19-,21+,25-,26+/m0/s1. The number of hydrogen-bond donors (Lipinski definition) is 1. The van der Waals surface area contributed by atoms with E-state index in [0.29, 0.717) is 12.2 Å². The van der Waals surface area contributed by atoms with Gasteiger partial charge < -0.3 is 33.7 Å². The van der Waals surface area contributed by atoms with Gasteiger partial charge in [0.25, 0.3) is 5.91 Å². The van der Waals surface area contributed by atoms with E-state index in [9.17, 15) is 9.59 Å². The fourth-order valence-electron chi connectivity index (χ4n) is 7.21. The fraction of sp³-hybridized carbons (Fsp3) is 0.692. The molecule has 36 heavy (non-hydrogen) atoms. The van der Waals surface area contributed by atoms with Crippen LogP contribution in [0.2, 0.25) is 0 Å². The van der Waals surface area contributed by atoms with Gasteiger partial charge in [0.05, 0.1) is 24.7 Å². The molecule has 0 radical (unpaired) electrons. The molecule has 5 aliphatic rings. The van der Waals surface area contributed by atoms with E-state index in [4.69, 9.17) is 28.4 Å². The topological polar surface area (TPSA) is 105 Å². The van der Waals surface area contributed by atoms with Crippen molar-refractivity contribution in [2.45, 2.75) is 76.3 Å². The molecule has 5 heterocycles. The van der Waals surface area contributed by atoms with E-state index in [-0.39, 0.29) is 19.1 Å². The van der Waals surface area contributed by atoms with E-state index >= 15 is 0 Å². The smallest absolute Gasteiger partial charge is 0.312 e. The van der Waals surface area contributed by atoms with Gasteiger partial charge in [-0.1, -0.05) is 18.2 Å². The molecule has 6 rings (SSSR count). The van der Waals surface area contributed by atoms with Crippen molar-refractivity contribution in [2.24, 2.45) is 11.3 Å². The molecule has 1 aromatic carbocycles. The van der Waals surface area contributed by atoms with Crippen molar-refractivity contribution in [1.82, 2.24) is 4.90 Å². The minimum Gasteiger partial charge on any atom is -0.466 e. The molecule has 7 atom stereocenters. The Morgan fingerprint density at radius 3 is 2.56 bits per heavy atom. The largest absolute Gasteiger partial charge is 0.466 e. The lowest BCUT2D eigenvalue weighted by Gasteiger charge is -2.42. The molecule has 2 spiro atoms. The van der Waals surface area contributed by atoms with Gasteiger partial charge in [-0.15, -0.1) is 0 Å². The number of carbonyl (C=O) groups is 2. The Balaban J connectivity index is 1.57. The van der Waals surface area contributed by atoms with Crippen molar-refractivity contribution in [3.63, 3.8) is 0 Å². The minimum atomic E-state index is -1.32. The SMILES string of the molecule is CCOC(=O)[C@H]1[C@@]2(CN(C)[C@@]13C(=O)Nc1ccccc13)[C@@H]([C@@H]1COC(C)(C)O1)O[C@@H]1OC(C)(C)O[C@@H]12. The molecule has 1 N–H and O–H groups in total. The summed E-state index contributed by atoms with van der Waals surface area (Å²) in [5.41, 5.74) is -0.928. The number of carbonyl (C=O) groups excluding carboxylic acids is 2. The summed E-state index contributed by atoms with van der Waals surface area (Å²) in [6.07, 6.45) is -2.53. The molecule has 1 amide bonds. The molecule has 0 unspecified atom stereocenters. The van der Waals surface area contributed by atoms with Crippen LogP contribution >= 0.6 is 0 Å². The predicted molar refractivity (Wildman–Crippen MR) is 126 cm³/mol. The van der Waals surface area contributed by atoms with E-state index in [1.165, 1.54) is 0 Å². The highest BCUT2D eigenvalue weighted by Crippen LogP contribution is 2.65. The lowest BCUT2D eigenvalue weighted by atomic mass is 9.62. The number of likely N-dealkylation sites (tertiary alicyclic amines) is 1. The number of fused-ring (bicyclic) bond motifs is 4. The van der Waals surface area contributed by atoms with Gasteiger partial charge in [0, 0.05) is 17.8 Å². The van der Waals surface area contributed by atoms with Gasteiger partial charge in [0.2, 0.25) is 0 Å². The molecule has 10 nitrogen and oxygen atoms in total. The third-order valence-corrected chi connectivity index (χ3v) is 8.29. The number of nitrogens with one attached hydrogen (secondary N) is 1. The van der Waals surface area contributed by atoms with Gasteiger partial charge in [0.15, 0.2) is 17.9 Å². The predicted octanol–water partition coefficient (Wildman–Crippen LogP) is 1.97. The molecular formula is C26H34N2O8. The van der Waals surface area contributed by atoms with Crippen LogP contribution in [0, 0.1) is 11.3 Å². The van der Waals surface area contributed by atoms with Crippen LogP contribution in [0.4, 0.5) is 5.69 Å². The number of benzene rings is 1. The van der Waals surface area contributed by atoms with Gasteiger partial charge in [-0.2, -0.15) is 0 Å². The normalized spacial score (nSPS) is 42.2. The second kappa shape index (κ2) is 7.72. The maximum Gasteiger partial charge on any atom is 0.312 e. The highest BCUT2D eigenvalue weighted by atomic mass is 16.8. The van der Waals surface area contributed by atoms with Crippen LogP contribution in [0.3, 0.4) is 0 Å². The number of rotatable bonds is 3. The molecular weight excluding hydrogens is 468 g/mol. The molecule has 0 aliphatic carbocycles. The van der Waals surface area contributed by atoms with E-state index in [2.05, 4.69) is 5.32 Å². The van der Waals surface area contributed by atoms with Crippen molar-refractivity contribution in [1.29, 1.82) is 0 Å². The van der Waals surface area contributed by atoms with E-state index in [0.717, 1.165) is 5.56 Å². The molecule has 4 fully saturated rings. The molecule has 4 saturated heterocycles. The summed E-state index contributed by atoms with van der Waals surface area (Å²) in [7, 11) is 1.87. The first-order chi connectivity index (χ1) is 17.0. The number of esters is 1. The molecule has 1 aromatic rings. The minimum absolute atomic E-state index is 0.174. The summed E-state index contributed by atoms with van der Waals surface area (Å²) in [4.78, 5) is 29.9. The first-order valence-corrected chi connectivity index (χ1v) is 12.6. The van der Waals surface area contributed by atoms with Crippen LogP contribution < -0.4 is 5.32 Å². The van der Waals surface area contributed by atoms with Crippen molar-refractivity contribution in [2.75, 3.05) is 32.1 Å². The third kappa shape index (κ3) is 3.06. The summed E-state index contributed by atoms with van der Waals surface area (Å²) in [6, 6.07) is 7.48. The number of likely N-dealkylation sites (N-methyl/N-ethyl adjacent to an activating group) is 1. The molecule has 5 aliphatic heterocycles. The molecule has 0 bridgehead atoms. The first kappa shape index (κ1) is 24.3. The highest BCUT2D eigenvalue weighted by molar-refractivity contribution is 6.09. The maximum absolute atomic E-state index is 14.1. The summed E-state index contributed by atoms with van der Waals surface area (Å²) in [5.74, 6) is -3.45. The average Bonchev–Trinajstić information content (AvgIpc) is 3.53. The number of amides is 1. The van der Waals surface area contributed by atoms with Crippen LogP contribution in [-0.4, -0.2) is 79.8 Å². The maximum atomic E-state index is 14.1. The second-order valence-electron chi connectivity index (χ2n) is 11.3. The second-order valence-corrected chi connectivity index (χ2v) is 11.3. The van der Waals surface area contributed by atoms with Crippen LogP contribution in [-0.2, 0) is 43.5 Å². The Kier molecular flexibility index (Phi) is 5.20. The summed E-state index contributed by atoms with van der Waals surface area (Å²) in [6.45, 7) is 9.86. The molecule has 10 heteroatoms. The van der Waals surface area contributed by atoms with Gasteiger partial charge >= 0.3 is 5.97 Å². The Hall–Kier alpha value is -2.08. The summed E-state index contributed by atoms with van der Waals surface area (Å²) >= 11 is 0. The number of anilines is 1. The molecule has 0 saturated carbocycles. The van der Waals surface area contributed by atoms with Crippen LogP contribution in [0.5, 0.6) is 0 Å². The first-order valence-electron chi connectivity index (χ1n) is 12.6. The van der Waals surface area contributed by atoms with Crippen molar-refractivity contribution in [3.05, 3.63) is 29.8 Å². The zero-order chi connectivity index (χ0) is 25.7. The zero-order valence-electron chi connectivity index (χ0n) is 21.5. The lowest BCUT2D eigenvalue weighted by Crippen LogP contribution is -2.59. The van der Waals surface area contributed by atoms with Crippen LogP contribution in [0.1, 0.15) is 40.2 Å². The summed E-state index contributed by atoms with van der Waals surface area (Å²) in [5, 5.41) is 3.01. The summed E-state index contributed by atoms with van der Waals surface area (Å²) < 4.78 is 37.1. The van der Waals surface area contributed by atoms with Gasteiger partial charge in [-0.25, -0.2) is 0 Å². The Morgan fingerprint density at radius 1 is 1.11 bits per heavy atom. The van der Waals surface area contributed by atoms with Gasteiger partial charge in [-0.05, 0) is 47.7 Å². The Labute approximate surface area is 210 Å². The Bertz CT molecular complexity index is 1110. The van der Waals surface area contributed by atoms with Crippen molar-refractivity contribution in [3.8, 4) is 0 Å². The quantitative estimate of drug-likeness (QED) is 0.621. The zero-order valence-corrected chi connectivity index (χ0v) is 21.5. The van der Waals surface area contributed by atoms with Crippen molar-refractivity contribution >= 4 is 17.6 Å². The highest BCUT2D eigenvalue weighted by Gasteiger charge is 2.80. The van der Waals surface area contributed by atoms with Crippen LogP contribution in [0.25, 0.3) is 0 Å². The third-order valence-electron chi connectivity index (χ3n) is 8.29. The monoisotopic (exact) mass is 502 g/mol. The van der Waals surface area contributed by atoms with E-state index < -0.39 is 59.0 Å². The van der Waals surface area contributed by atoms with Gasteiger partial charge in [0.1, 0.15) is 23.7 Å². The number of nitrogens with zero attached hydrogens (tertiary/aromatic N) is 1. The number of ether oxygens (including phenoxy) is 6. The Morgan fingerprint density at radius 2 is 1.86 bits per heavy atom.